The molecule has 2 amide bonds. The van der Waals surface area contributed by atoms with E-state index in [4.69, 9.17) is 4.52 Å². The third-order valence-corrected chi connectivity index (χ3v) is 6.89. The standard InChI is InChI=1S/C26H28N4O3/c1-18(19-8-4-2-5-9-19)30-17-22(16-23(30)31)26(32)29-14-12-21(13-15-29)25-27-24(28-33-25)20-10-6-3-7-11-20/h2-11,18,21-22H,12-17H2,1H3. The zero-order valence-corrected chi connectivity index (χ0v) is 18.8. The number of carbonyl (C=O) groups is 2. The molecule has 7 heteroatoms. The summed E-state index contributed by atoms with van der Waals surface area (Å²) in [5, 5.41) is 4.13. The highest BCUT2D eigenvalue weighted by Gasteiger charge is 2.39. The maximum atomic E-state index is 13.2. The summed E-state index contributed by atoms with van der Waals surface area (Å²) in [7, 11) is 0. The predicted octanol–water partition coefficient (Wildman–Crippen LogP) is 4.05. The Hall–Kier alpha value is -3.48. The average molecular weight is 445 g/mol. The largest absolute Gasteiger partial charge is 0.342 e. The molecule has 0 spiro atoms. The van der Waals surface area contributed by atoms with Crippen LogP contribution in [-0.2, 0) is 9.59 Å². The van der Waals surface area contributed by atoms with Gasteiger partial charge in [0.05, 0.1) is 12.0 Å². The van der Waals surface area contributed by atoms with Crippen molar-refractivity contribution in [2.45, 2.75) is 38.1 Å². The molecule has 2 fully saturated rings. The normalized spacial score (nSPS) is 20.3. The van der Waals surface area contributed by atoms with Gasteiger partial charge in [-0.3, -0.25) is 9.59 Å². The first kappa shape index (κ1) is 21.4. The molecule has 3 aromatic rings. The lowest BCUT2D eigenvalue weighted by molar-refractivity contribution is -0.137. The molecule has 0 aliphatic carbocycles. The SMILES string of the molecule is CC(c1ccccc1)N1CC(C(=O)N2CCC(c3nc(-c4ccccc4)no3)CC2)CC1=O. The second-order valence-corrected chi connectivity index (χ2v) is 8.96. The first-order valence-electron chi connectivity index (χ1n) is 11.6. The van der Waals surface area contributed by atoms with Gasteiger partial charge in [0.2, 0.25) is 23.5 Å². The van der Waals surface area contributed by atoms with E-state index < -0.39 is 0 Å². The minimum absolute atomic E-state index is 0.0291. The molecule has 2 saturated heterocycles. The quantitative estimate of drug-likeness (QED) is 0.593. The Bertz CT molecular complexity index is 1110. The molecule has 0 N–H and O–H groups in total. The molecule has 2 unspecified atom stereocenters. The minimum atomic E-state index is -0.270. The third-order valence-electron chi connectivity index (χ3n) is 6.89. The highest BCUT2D eigenvalue weighted by molar-refractivity contribution is 5.89. The van der Waals surface area contributed by atoms with E-state index in [1.54, 1.807) is 0 Å². The van der Waals surface area contributed by atoms with Crippen molar-refractivity contribution in [2.24, 2.45) is 5.92 Å². The van der Waals surface area contributed by atoms with Crippen LogP contribution in [0, 0.1) is 5.92 Å². The number of amides is 2. The Morgan fingerprint density at radius 1 is 1.03 bits per heavy atom. The maximum Gasteiger partial charge on any atom is 0.230 e. The minimum Gasteiger partial charge on any atom is -0.342 e. The molecular weight excluding hydrogens is 416 g/mol. The Labute approximate surface area is 193 Å². The van der Waals surface area contributed by atoms with Gasteiger partial charge in [0.15, 0.2) is 0 Å². The van der Waals surface area contributed by atoms with Crippen LogP contribution < -0.4 is 0 Å². The predicted molar refractivity (Wildman–Crippen MR) is 123 cm³/mol. The van der Waals surface area contributed by atoms with Crippen molar-refractivity contribution in [3.63, 3.8) is 0 Å². The molecule has 2 atom stereocenters. The first-order valence-corrected chi connectivity index (χ1v) is 11.6. The third kappa shape index (κ3) is 4.40. The van der Waals surface area contributed by atoms with Gasteiger partial charge in [-0.2, -0.15) is 4.98 Å². The van der Waals surface area contributed by atoms with Gasteiger partial charge in [-0.1, -0.05) is 65.8 Å². The summed E-state index contributed by atoms with van der Waals surface area (Å²) >= 11 is 0. The van der Waals surface area contributed by atoms with E-state index in [1.807, 2.05) is 77.4 Å². The van der Waals surface area contributed by atoms with E-state index in [0.717, 1.165) is 24.0 Å². The molecule has 0 bridgehead atoms. The van der Waals surface area contributed by atoms with E-state index >= 15 is 0 Å². The van der Waals surface area contributed by atoms with E-state index in [1.165, 1.54) is 0 Å². The summed E-state index contributed by atoms with van der Waals surface area (Å²) in [4.78, 5) is 34.2. The average Bonchev–Trinajstić information content (AvgIpc) is 3.52. The molecule has 3 heterocycles. The molecule has 2 aliphatic rings. The molecule has 1 aromatic heterocycles. The van der Waals surface area contributed by atoms with Crippen LogP contribution in [0.2, 0.25) is 0 Å². The molecule has 7 nitrogen and oxygen atoms in total. The van der Waals surface area contributed by atoms with E-state index in [-0.39, 0.29) is 29.7 Å². The molecule has 0 saturated carbocycles. The van der Waals surface area contributed by atoms with Crippen LogP contribution in [-0.4, -0.2) is 51.4 Å². The van der Waals surface area contributed by atoms with E-state index in [9.17, 15) is 9.59 Å². The van der Waals surface area contributed by atoms with Crippen LogP contribution in [0.4, 0.5) is 0 Å². The Kier molecular flexibility index (Phi) is 5.94. The zero-order chi connectivity index (χ0) is 22.8. The summed E-state index contributed by atoms with van der Waals surface area (Å²) in [5.74, 6) is 1.26. The lowest BCUT2D eigenvalue weighted by atomic mass is 9.95. The topological polar surface area (TPSA) is 79.5 Å². The van der Waals surface area contributed by atoms with Crippen molar-refractivity contribution in [3.8, 4) is 11.4 Å². The molecule has 0 radical (unpaired) electrons. The Morgan fingerprint density at radius 3 is 2.39 bits per heavy atom. The lowest BCUT2D eigenvalue weighted by Gasteiger charge is -2.32. The van der Waals surface area contributed by atoms with Crippen LogP contribution >= 0.6 is 0 Å². The smallest absolute Gasteiger partial charge is 0.230 e. The first-order chi connectivity index (χ1) is 16.1. The van der Waals surface area contributed by atoms with Gasteiger partial charge in [-0.05, 0) is 25.3 Å². The monoisotopic (exact) mass is 444 g/mol. The van der Waals surface area contributed by atoms with Crippen LogP contribution in [0.5, 0.6) is 0 Å². The molecule has 2 aliphatic heterocycles. The van der Waals surface area contributed by atoms with Crippen LogP contribution in [0.15, 0.2) is 65.2 Å². The zero-order valence-electron chi connectivity index (χ0n) is 18.8. The van der Waals surface area contributed by atoms with Crippen molar-refractivity contribution in [1.82, 2.24) is 19.9 Å². The van der Waals surface area contributed by atoms with E-state index in [0.29, 0.717) is 37.8 Å². The second kappa shape index (κ2) is 9.17. The van der Waals surface area contributed by atoms with Gasteiger partial charge in [0, 0.05) is 37.5 Å². The van der Waals surface area contributed by atoms with Gasteiger partial charge in [0.1, 0.15) is 0 Å². The summed E-state index contributed by atoms with van der Waals surface area (Å²) in [5.41, 5.74) is 2.02. The van der Waals surface area contributed by atoms with Crippen molar-refractivity contribution >= 4 is 11.8 Å². The molecule has 5 rings (SSSR count). The number of piperidine rings is 1. The number of hydrogen-bond acceptors (Lipinski definition) is 5. The summed E-state index contributed by atoms with van der Waals surface area (Å²) in [6, 6.07) is 19.7. The highest BCUT2D eigenvalue weighted by atomic mass is 16.5. The molecular formula is C26H28N4O3. The van der Waals surface area contributed by atoms with Crippen LogP contribution in [0.3, 0.4) is 0 Å². The van der Waals surface area contributed by atoms with E-state index in [2.05, 4.69) is 10.1 Å². The Morgan fingerprint density at radius 2 is 1.70 bits per heavy atom. The maximum absolute atomic E-state index is 13.2. The summed E-state index contributed by atoms with van der Waals surface area (Å²) in [6.45, 7) is 3.80. The van der Waals surface area contributed by atoms with Crippen molar-refractivity contribution in [2.75, 3.05) is 19.6 Å². The number of carbonyl (C=O) groups excluding carboxylic acids is 2. The van der Waals surface area contributed by atoms with Gasteiger partial charge in [0.25, 0.3) is 0 Å². The second-order valence-electron chi connectivity index (χ2n) is 8.96. The molecule has 2 aromatic carbocycles. The number of rotatable bonds is 5. The number of aromatic nitrogens is 2. The summed E-state index contributed by atoms with van der Waals surface area (Å²) in [6.07, 6.45) is 1.86. The van der Waals surface area contributed by atoms with Gasteiger partial charge in [-0.15, -0.1) is 0 Å². The van der Waals surface area contributed by atoms with Gasteiger partial charge >= 0.3 is 0 Å². The molecule has 33 heavy (non-hydrogen) atoms. The highest BCUT2D eigenvalue weighted by Crippen LogP contribution is 2.32. The Balaban J connectivity index is 1.17. The number of benzene rings is 2. The van der Waals surface area contributed by atoms with Crippen LogP contribution in [0.1, 0.15) is 49.6 Å². The fourth-order valence-electron chi connectivity index (χ4n) is 4.89. The molecule has 170 valence electrons. The lowest BCUT2D eigenvalue weighted by Crippen LogP contribution is -2.42. The fraction of sp³-hybridized carbons (Fsp3) is 0.385. The van der Waals surface area contributed by atoms with Gasteiger partial charge in [-0.25, -0.2) is 0 Å². The fourth-order valence-corrected chi connectivity index (χ4v) is 4.89. The number of hydrogen-bond donors (Lipinski definition) is 0. The van der Waals surface area contributed by atoms with Crippen molar-refractivity contribution in [3.05, 3.63) is 72.1 Å². The van der Waals surface area contributed by atoms with Crippen LogP contribution in [0.25, 0.3) is 11.4 Å². The van der Waals surface area contributed by atoms with Gasteiger partial charge < -0.3 is 14.3 Å². The summed E-state index contributed by atoms with van der Waals surface area (Å²) < 4.78 is 5.53. The van der Waals surface area contributed by atoms with Crippen molar-refractivity contribution in [1.29, 1.82) is 0 Å². The number of nitrogens with zero attached hydrogens (tertiary/aromatic N) is 4. The van der Waals surface area contributed by atoms with Crippen molar-refractivity contribution < 1.29 is 14.1 Å². The number of likely N-dealkylation sites (tertiary alicyclic amines) is 2.